The summed E-state index contributed by atoms with van der Waals surface area (Å²) < 4.78 is 0. The minimum atomic E-state index is 0.136. The number of amides is 1. The highest BCUT2D eigenvalue weighted by Gasteiger charge is 2.22. The van der Waals surface area contributed by atoms with E-state index in [-0.39, 0.29) is 5.92 Å². The number of carbonyl (C=O) groups is 1. The van der Waals surface area contributed by atoms with Crippen LogP contribution in [-0.4, -0.2) is 10.8 Å². The zero-order valence-electron chi connectivity index (χ0n) is 14.9. The van der Waals surface area contributed by atoms with Gasteiger partial charge in [0.15, 0.2) is 0 Å². The molecule has 0 saturated carbocycles. The van der Waals surface area contributed by atoms with Crippen molar-refractivity contribution >= 4 is 5.91 Å². The molecule has 0 N–H and O–H groups in total. The molecule has 0 fully saturated rings. The number of rotatable bonds is 9. The van der Waals surface area contributed by atoms with Crippen LogP contribution >= 0.6 is 0 Å². The van der Waals surface area contributed by atoms with Gasteiger partial charge >= 0.3 is 0 Å². The van der Waals surface area contributed by atoms with E-state index in [9.17, 15) is 4.79 Å². The van der Waals surface area contributed by atoms with Crippen molar-refractivity contribution in [3.8, 4) is 0 Å². The zero-order chi connectivity index (χ0) is 17.2. The van der Waals surface area contributed by atoms with Gasteiger partial charge in [-0.15, -0.1) is 0 Å². The highest BCUT2D eigenvalue weighted by atomic mass is 16.2. The Kier molecular flexibility index (Phi) is 7.54. The van der Waals surface area contributed by atoms with Crippen LogP contribution in [0.2, 0.25) is 0 Å². The lowest BCUT2D eigenvalue weighted by Crippen LogP contribution is -2.35. The summed E-state index contributed by atoms with van der Waals surface area (Å²) in [5.74, 6) is 0.427. The molecule has 2 heteroatoms. The van der Waals surface area contributed by atoms with Crippen molar-refractivity contribution in [1.29, 1.82) is 0 Å². The van der Waals surface area contributed by atoms with Crippen LogP contribution in [0.3, 0.4) is 0 Å². The average molecular weight is 323 g/mol. The lowest BCUT2D eigenvalue weighted by atomic mass is 9.97. The molecular weight excluding hydrogens is 294 g/mol. The summed E-state index contributed by atoms with van der Waals surface area (Å²) in [4.78, 5) is 15.1. The second-order valence-electron chi connectivity index (χ2n) is 6.41. The van der Waals surface area contributed by atoms with Crippen molar-refractivity contribution in [1.82, 2.24) is 4.90 Å². The van der Waals surface area contributed by atoms with Crippen molar-refractivity contribution in [2.24, 2.45) is 5.92 Å². The van der Waals surface area contributed by atoms with E-state index in [1.54, 1.807) is 0 Å². The van der Waals surface area contributed by atoms with E-state index in [1.165, 1.54) is 11.1 Å². The summed E-state index contributed by atoms with van der Waals surface area (Å²) in [7, 11) is 0. The van der Waals surface area contributed by atoms with E-state index in [0.29, 0.717) is 19.0 Å². The minimum Gasteiger partial charge on any atom is -0.334 e. The van der Waals surface area contributed by atoms with Gasteiger partial charge in [0.05, 0.1) is 0 Å². The monoisotopic (exact) mass is 323 g/mol. The molecule has 1 atom stereocenters. The molecule has 0 saturated heterocycles. The Morgan fingerprint density at radius 3 is 1.79 bits per heavy atom. The first kappa shape index (κ1) is 18.3. The first-order valence-corrected chi connectivity index (χ1v) is 9.11. The maximum atomic E-state index is 13.1. The Bertz CT molecular complexity index is 552. The van der Waals surface area contributed by atoms with Gasteiger partial charge in [0.2, 0.25) is 5.91 Å². The lowest BCUT2D eigenvalue weighted by Gasteiger charge is -2.27. The maximum absolute atomic E-state index is 13.1. The zero-order valence-corrected chi connectivity index (χ0v) is 14.9. The highest BCUT2D eigenvalue weighted by molar-refractivity contribution is 5.78. The van der Waals surface area contributed by atoms with Crippen LogP contribution in [0, 0.1) is 5.92 Å². The third kappa shape index (κ3) is 5.52. The van der Waals surface area contributed by atoms with E-state index in [4.69, 9.17) is 0 Å². The molecule has 2 aromatic rings. The van der Waals surface area contributed by atoms with E-state index in [0.717, 1.165) is 25.7 Å². The fourth-order valence-electron chi connectivity index (χ4n) is 3.03. The van der Waals surface area contributed by atoms with Crippen LogP contribution < -0.4 is 0 Å². The van der Waals surface area contributed by atoms with Gasteiger partial charge in [0.1, 0.15) is 0 Å². The fourth-order valence-corrected chi connectivity index (χ4v) is 3.03. The van der Waals surface area contributed by atoms with Gasteiger partial charge in [-0.1, -0.05) is 87.4 Å². The molecular formula is C22H29NO. The Hall–Kier alpha value is -2.09. The molecule has 0 bridgehead atoms. The van der Waals surface area contributed by atoms with Gasteiger partial charge in [-0.25, -0.2) is 0 Å². The molecule has 0 aliphatic carbocycles. The van der Waals surface area contributed by atoms with E-state index >= 15 is 0 Å². The molecule has 1 unspecified atom stereocenters. The summed E-state index contributed by atoms with van der Waals surface area (Å²) in [5.41, 5.74) is 2.37. The predicted molar refractivity (Wildman–Crippen MR) is 100 cm³/mol. The molecule has 0 radical (unpaired) electrons. The Morgan fingerprint density at radius 1 is 0.875 bits per heavy atom. The Morgan fingerprint density at radius 2 is 1.38 bits per heavy atom. The van der Waals surface area contributed by atoms with Gasteiger partial charge in [-0.3, -0.25) is 4.79 Å². The van der Waals surface area contributed by atoms with Gasteiger partial charge in [0.25, 0.3) is 0 Å². The molecule has 0 aliphatic rings. The largest absolute Gasteiger partial charge is 0.334 e. The average Bonchev–Trinajstić information content (AvgIpc) is 2.63. The van der Waals surface area contributed by atoms with E-state index < -0.39 is 0 Å². The topological polar surface area (TPSA) is 20.3 Å². The van der Waals surface area contributed by atoms with E-state index in [1.807, 2.05) is 41.3 Å². The standard InChI is InChI=1S/C22H29NO/c1-3-5-16-21(4-2)22(24)23(17-19-12-8-6-9-13-19)18-20-14-10-7-11-15-20/h6-15,21H,3-5,16-18H2,1-2H3. The van der Waals surface area contributed by atoms with Crippen molar-refractivity contribution in [2.45, 2.75) is 52.6 Å². The number of hydrogen-bond donors (Lipinski definition) is 0. The number of benzene rings is 2. The second kappa shape index (κ2) is 9.92. The summed E-state index contributed by atoms with van der Waals surface area (Å²) >= 11 is 0. The Labute approximate surface area is 146 Å². The summed E-state index contributed by atoms with van der Waals surface area (Å²) in [6.45, 7) is 5.67. The van der Waals surface area contributed by atoms with Crippen LogP contribution in [0.25, 0.3) is 0 Å². The molecule has 0 heterocycles. The van der Waals surface area contributed by atoms with Crippen molar-refractivity contribution in [3.63, 3.8) is 0 Å². The molecule has 128 valence electrons. The fraction of sp³-hybridized carbons (Fsp3) is 0.409. The predicted octanol–water partition coefficient (Wildman–Crippen LogP) is 5.43. The first-order valence-electron chi connectivity index (χ1n) is 9.11. The smallest absolute Gasteiger partial charge is 0.226 e. The SMILES string of the molecule is CCCCC(CC)C(=O)N(Cc1ccccc1)Cc1ccccc1. The van der Waals surface area contributed by atoms with E-state index in [2.05, 4.69) is 38.1 Å². The molecule has 2 nitrogen and oxygen atoms in total. The summed E-state index contributed by atoms with van der Waals surface area (Å²) in [6.07, 6.45) is 4.17. The highest BCUT2D eigenvalue weighted by Crippen LogP contribution is 2.19. The van der Waals surface area contributed by atoms with Crippen molar-refractivity contribution in [2.75, 3.05) is 0 Å². The number of unbranched alkanes of at least 4 members (excludes halogenated alkanes) is 1. The minimum absolute atomic E-state index is 0.136. The molecule has 24 heavy (non-hydrogen) atoms. The van der Waals surface area contributed by atoms with Crippen LogP contribution in [0.4, 0.5) is 0 Å². The normalized spacial score (nSPS) is 11.9. The van der Waals surface area contributed by atoms with Crippen molar-refractivity contribution in [3.05, 3.63) is 71.8 Å². The molecule has 1 amide bonds. The molecule has 0 spiro atoms. The third-order valence-corrected chi connectivity index (χ3v) is 4.49. The van der Waals surface area contributed by atoms with Crippen LogP contribution in [0.5, 0.6) is 0 Å². The van der Waals surface area contributed by atoms with Gasteiger partial charge in [0, 0.05) is 19.0 Å². The lowest BCUT2D eigenvalue weighted by molar-refractivity contribution is -0.137. The summed E-state index contributed by atoms with van der Waals surface area (Å²) in [5, 5.41) is 0. The van der Waals surface area contributed by atoms with Gasteiger partial charge in [-0.05, 0) is 24.0 Å². The number of hydrogen-bond acceptors (Lipinski definition) is 1. The second-order valence-corrected chi connectivity index (χ2v) is 6.41. The Balaban J connectivity index is 2.15. The third-order valence-electron chi connectivity index (χ3n) is 4.49. The van der Waals surface area contributed by atoms with Crippen LogP contribution in [0.1, 0.15) is 50.7 Å². The maximum Gasteiger partial charge on any atom is 0.226 e. The van der Waals surface area contributed by atoms with Crippen LogP contribution in [0.15, 0.2) is 60.7 Å². The van der Waals surface area contributed by atoms with Crippen LogP contribution in [-0.2, 0) is 17.9 Å². The molecule has 0 aliphatic heterocycles. The summed E-state index contributed by atoms with van der Waals surface area (Å²) in [6, 6.07) is 20.6. The van der Waals surface area contributed by atoms with Gasteiger partial charge < -0.3 is 4.90 Å². The molecule has 2 aromatic carbocycles. The number of carbonyl (C=O) groups excluding carboxylic acids is 1. The quantitative estimate of drug-likeness (QED) is 0.602. The molecule has 2 rings (SSSR count). The number of nitrogens with zero attached hydrogens (tertiary/aromatic N) is 1. The first-order chi connectivity index (χ1) is 11.7. The van der Waals surface area contributed by atoms with Crippen molar-refractivity contribution < 1.29 is 4.79 Å². The molecule has 0 aromatic heterocycles. The van der Waals surface area contributed by atoms with Gasteiger partial charge in [-0.2, -0.15) is 0 Å².